The van der Waals surface area contributed by atoms with Crippen molar-refractivity contribution >= 4 is 5.97 Å². The van der Waals surface area contributed by atoms with Crippen LogP contribution in [0.25, 0.3) is 0 Å². The second-order valence-corrected chi connectivity index (χ2v) is 13.2. The number of fused-ring (bicyclic) bond motifs is 7. The van der Waals surface area contributed by atoms with Crippen LogP contribution in [0.15, 0.2) is 11.6 Å². The van der Waals surface area contributed by atoms with E-state index in [9.17, 15) is 15.0 Å². The highest BCUT2D eigenvalue weighted by molar-refractivity contribution is 5.67. The van der Waals surface area contributed by atoms with Crippen LogP contribution >= 0.6 is 0 Å². The van der Waals surface area contributed by atoms with E-state index < -0.39 is 5.97 Å². The molecule has 1 heterocycles. The standard InChI is InChI=1S/C29H46O4/c1-17(16-30)5-8-24-18(2)27-25(33-24)15-23-21-7-6-20-13-19(14-26(31)32)9-11-28(20,3)22(21)10-12-29(23,27)4/h6,17-19,21-25,27,30H,5,7-16H2,1-4H3,(H,31,32)/t17?,18-,19?,21-,22+,23+,24-,25+,27+,28+,29+/m1/s1. The lowest BCUT2D eigenvalue weighted by Crippen LogP contribution is -2.50. The van der Waals surface area contributed by atoms with Gasteiger partial charge in [0.05, 0.1) is 12.2 Å². The average Bonchev–Trinajstić information content (AvgIpc) is 3.25. The maximum absolute atomic E-state index is 11.3. The molecule has 4 heteroatoms. The van der Waals surface area contributed by atoms with Crippen LogP contribution in [0, 0.1) is 52.3 Å². The van der Waals surface area contributed by atoms with E-state index in [1.54, 1.807) is 5.57 Å². The molecule has 0 aromatic rings. The Hall–Kier alpha value is -0.870. The lowest BCUT2D eigenvalue weighted by molar-refractivity contribution is -0.138. The molecule has 186 valence electrons. The van der Waals surface area contributed by atoms with Gasteiger partial charge in [0.2, 0.25) is 0 Å². The van der Waals surface area contributed by atoms with Gasteiger partial charge in [-0.25, -0.2) is 0 Å². The van der Waals surface area contributed by atoms with Gasteiger partial charge >= 0.3 is 5.97 Å². The van der Waals surface area contributed by atoms with Gasteiger partial charge in [-0.2, -0.15) is 0 Å². The molecule has 2 unspecified atom stereocenters. The predicted molar refractivity (Wildman–Crippen MR) is 130 cm³/mol. The molecule has 0 radical (unpaired) electrons. The van der Waals surface area contributed by atoms with E-state index in [4.69, 9.17) is 4.74 Å². The van der Waals surface area contributed by atoms with Crippen molar-refractivity contribution < 1.29 is 19.7 Å². The van der Waals surface area contributed by atoms with Crippen molar-refractivity contribution in [2.45, 2.75) is 104 Å². The molecule has 0 spiro atoms. The Kier molecular flexibility index (Phi) is 6.26. The van der Waals surface area contributed by atoms with Crippen LogP contribution in [0.4, 0.5) is 0 Å². The van der Waals surface area contributed by atoms with Crippen molar-refractivity contribution in [2.24, 2.45) is 52.3 Å². The maximum atomic E-state index is 11.3. The topological polar surface area (TPSA) is 66.8 Å². The van der Waals surface area contributed by atoms with Gasteiger partial charge in [-0.05, 0) is 110 Å². The lowest BCUT2D eigenvalue weighted by atomic mass is 9.46. The fourth-order valence-electron chi connectivity index (χ4n) is 9.71. The van der Waals surface area contributed by atoms with E-state index in [0.29, 0.717) is 47.7 Å². The first-order chi connectivity index (χ1) is 15.7. The summed E-state index contributed by atoms with van der Waals surface area (Å²) < 4.78 is 6.76. The second kappa shape index (κ2) is 8.66. The summed E-state index contributed by atoms with van der Waals surface area (Å²) in [7, 11) is 0. The number of hydrogen-bond donors (Lipinski definition) is 2. The van der Waals surface area contributed by atoms with E-state index >= 15 is 0 Å². The van der Waals surface area contributed by atoms with Crippen LogP contribution in [0.2, 0.25) is 0 Å². The van der Waals surface area contributed by atoms with Crippen molar-refractivity contribution in [3.05, 3.63) is 11.6 Å². The monoisotopic (exact) mass is 458 g/mol. The largest absolute Gasteiger partial charge is 0.481 e. The third-order valence-electron chi connectivity index (χ3n) is 11.5. The van der Waals surface area contributed by atoms with Crippen LogP contribution in [-0.2, 0) is 9.53 Å². The van der Waals surface area contributed by atoms with Gasteiger partial charge in [-0.1, -0.05) is 39.3 Å². The summed E-state index contributed by atoms with van der Waals surface area (Å²) in [4.78, 5) is 11.3. The second-order valence-electron chi connectivity index (χ2n) is 13.2. The van der Waals surface area contributed by atoms with Crippen LogP contribution in [0.5, 0.6) is 0 Å². The molecule has 4 nitrogen and oxygen atoms in total. The van der Waals surface area contributed by atoms with Gasteiger partial charge in [0, 0.05) is 13.0 Å². The minimum Gasteiger partial charge on any atom is -0.481 e. The molecule has 1 aliphatic heterocycles. The summed E-state index contributed by atoms with van der Waals surface area (Å²) in [5.41, 5.74) is 2.27. The van der Waals surface area contributed by atoms with Gasteiger partial charge < -0.3 is 14.9 Å². The molecule has 0 bridgehead atoms. The lowest BCUT2D eigenvalue weighted by Gasteiger charge is -2.58. The number of aliphatic hydroxyl groups is 1. The minimum atomic E-state index is -0.637. The zero-order chi connectivity index (χ0) is 23.5. The molecule has 4 fully saturated rings. The quantitative estimate of drug-likeness (QED) is 0.474. The van der Waals surface area contributed by atoms with E-state index in [2.05, 4.69) is 33.8 Å². The predicted octanol–water partition coefficient (Wildman–Crippen LogP) is 6.08. The highest BCUT2D eigenvalue weighted by atomic mass is 16.5. The van der Waals surface area contributed by atoms with E-state index in [-0.39, 0.29) is 12.0 Å². The number of hydrogen-bond acceptors (Lipinski definition) is 3. The molecule has 0 aromatic heterocycles. The summed E-state index contributed by atoms with van der Waals surface area (Å²) >= 11 is 0. The van der Waals surface area contributed by atoms with Crippen molar-refractivity contribution in [2.75, 3.05) is 6.61 Å². The van der Waals surface area contributed by atoms with Crippen molar-refractivity contribution in [1.82, 2.24) is 0 Å². The van der Waals surface area contributed by atoms with Crippen molar-refractivity contribution in [3.8, 4) is 0 Å². The summed E-state index contributed by atoms with van der Waals surface area (Å²) in [6.07, 6.45) is 14.2. The Morgan fingerprint density at radius 2 is 2.03 bits per heavy atom. The van der Waals surface area contributed by atoms with Gasteiger partial charge in [-0.15, -0.1) is 0 Å². The number of carboxylic acid groups (broad SMARTS) is 1. The van der Waals surface area contributed by atoms with E-state index in [1.165, 1.54) is 32.1 Å². The molecular weight excluding hydrogens is 412 g/mol. The van der Waals surface area contributed by atoms with E-state index in [1.807, 2.05) is 0 Å². The highest BCUT2D eigenvalue weighted by Gasteiger charge is 2.64. The number of allylic oxidation sites excluding steroid dienone is 2. The minimum absolute atomic E-state index is 0.280. The molecule has 5 aliphatic rings. The molecule has 1 saturated heterocycles. The fourth-order valence-corrected chi connectivity index (χ4v) is 9.71. The van der Waals surface area contributed by atoms with E-state index in [0.717, 1.165) is 43.4 Å². The molecule has 3 saturated carbocycles. The molecule has 0 aromatic carbocycles. The van der Waals surface area contributed by atoms with Crippen LogP contribution in [-0.4, -0.2) is 35.0 Å². The first-order valence-corrected chi connectivity index (χ1v) is 13.8. The Morgan fingerprint density at radius 3 is 2.76 bits per heavy atom. The summed E-state index contributed by atoms with van der Waals surface area (Å²) in [6.45, 7) is 9.98. The fraction of sp³-hybridized carbons (Fsp3) is 0.897. The Bertz CT molecular complexity index is 790. The van der Waals surface area contributed by atoms with Crippen molar-refractivity contribution in [3.63, 3.8) is 0 Å². The smallest absolute Gasteiger partial charge is 0.303 e. The van der Waals surface area contributed by atoms with Gasteiger partial charge in [0.25, 0.3) is 0 Å². The summed E-state index contributed by atoms with van der Waals surface area (Å²) in [5, 5.41) is 18.7. The van der Waals surface area contributed by atoms with Crippen LogP contribution < -0.4 is 0 Å². The third-order valence-corrected chi connectivity index (χ3v) is 11.5. The first-order valence-electron chi connectivity index (χ1n) is 13.8. The normalized spacial score (nSPS) is 49.4. The van der Waals surface area contributed by atoms with Crippen molar-refractivity contribution in [1.29, 1.82) is 0 Å². The average molecular weight is 459 g/mol. The molecule has 33 heavy (non-hydrogen) atoms. The highest BCUT2D eigenvalue weighted by Crippen LogP contribution is 2.69. The number of carboxylic acids is 1. The van der Waals surface area contributed by atoms with Gasteiger partial charge in [-0.3, -0.25) is 4.79 Å². The zero-order valence-electron chi connectivity index (χ0n) is 21.3. The van der Waals surface area contributed by atoms with Crippen LogP contribution in [0.3, 0.4) is 0 Å². The number of rotatable bonds is 6. The van der Waals surface area contributed by atoms with Gasteiger partial charge in [0.1, 0.15) is 0 Å². The molecule has 2 N–H and O–H groups in total. The molecule has 0 amide bonds. The zero-order valence-corrected chi connectivity index (χ0v) is 21.3. The SMILES string of the molecule is CC(CO)CC[C@H]1O[C@H]2C[C@H]3[C@@H]4CC=C5CC(CC(=O)O)CC[C@]5(C)[C@H]4CC[C@]3(C)[C@H]2[C@@H]1C. The molecular formula is C29H46O4. The number of aliphatic hydroxyl groups excluding tert-OH is 1. The molecule has 4 aliphatic carbocycles. The first kappa shape index (κ1) is 23.9. The Morgan fingerprint density at radius 1 is 1.24 bits per heavy atom. The van der Waals surface area contributed by atoms with Crippen LogP contribution in [0.1, 0.15) is 91.9 Å². The maximum Gasteiger partial charge on any atom is 0.303 e. The number of carbonyl (C=O) groups is 1. The molecule has 5 rings (SSSR count). The Balaban J connectivity index is 1.31. The Labute approximate surface area is 200 Å². The van der Waals surface area contributed by atoms with Gasteiger partial charge in [0.15, 0.2) is 0 Å². The summed E-state index contributed by atoms with van der Waals surface area (Å²) in [6, 6.07) is 0. The summed E-state index contributed by atoms with van der Waals surface area (Å²) in [5.74, 6) is 3.65. The number of ether oxygens (including phenoxy) is 1. The number of aliphatic carboxylic acids is 1. The molecule has 11 atom stereocenters. The third kappa shape index (κ3) is 3.82.